The van der Waals surface area contributed by atoms with Crippen LogP contribution in [0, 0.1) is 5.92 Å². The molecule has 1 amide bonds. The molecule has 0 aliphatic carbocycles. The van der Waals surface area contributed by atoms with Crippen LogP contribution in [0.2, 0.25) is 0 Å². The van der Waals surface area contributed by atoms with Gasteiger partial charge < -0.3 is 10.2 Å². The Kier molecular flexibility index (Phi) is 6.28. The summed E-state index contributed by atoms with van der Waals surface area (Å²) >= 11 is 0. The van der Waals surface area contributed by atoms with Crippen LogP contribution in [0.4, 0.5) is 0 Å². The van der Waals surface area contributed by atoms with Gasteiger partial charge in [0.1, 0.15) is 0 Å². The molecule has 3 nitrogen and oxygen atoms in total. The third-order valence-corrected chi connectivity index (χ3v) is 3.89. The maximum absolute atomic E-state index is 12.3. The van der Waals surface area contributed by atoms with Crippen LogP contribution in [0.1, 0.15) is 45.4 Å². The van der Waals surface area contributed by atoms with Crippen molar-refractivity contribution in [2.45, 2.75) is 51.5 Å². The van der Waals surface area contributed by atoms with Gasteiger partial charge in [-0.1, -0.05) is 12.8 Å². The second-order valence-corrected chi connectivity index (χ2v) is 5.32. The highest BCUT2D eigenvalue weighted by Gasteiger charge is 2.28. The third kappa shape index (κ3) is 4.14. The molecule has 2 rings (SSSR count). The molecule has 1 N–H and O–H groups in total. The van der Waals surface area contributed by atoms with Crippen LogP contribution >= 0.6 is 12.4 Å². The average molecular weight is 261 g/mol. The fourth-order valence-electron chi connectivity index (χ4n) is 2.91. The number of nitrogens with one attached hydrogen (secondary N) is 1. The van der Waals surface area contributed by atoms with E-state index in [9.17, 15) is 4.79 Å². The topological polar surface area (TPSA) is 32.3 Å². The van der Waals surface area contributed by atoms with E-state index in [0.717, 1.165) is 32.5 Å². The van der Waals surface area contributed by atoms with E-state index >= 15 is 0 Å². The number of rotatable bonds is 1. The number of amides is 1. The van der Waals surface area contributed by atoms with Crippen molar-refractivity contribution in [1.29, 1.82) is 0 Å². The molecule has 2 fully saturated rings. The summed E-state index contributed by atoms with van der Waals surface area (Å²) in [7, 11) is 0. The predicted octanol–water partition coefficient (Wildman–Crippen LogP) is 2.20. The highest BCUT2D eigenvalue weighted by molar-refractivity contribution is 5.85. The van der Waals surface area contributed by atoms with E-state index < -0.39 is 0 Å². The van der Waals surface area contributed by atoms with E-state index in [0.29, 0.717) is 11.9 Å². The molecule has 4 heteroatoms. The average Bonchev–Trinajstić information content (AvgIpc) is 2.56. The summed E-state index contributed by atoms with van der Waals surface area (Å²) in [6, 6.07) is 0.509. The van der Waals surface area contributed by atoms with Crippen molar-refractivity contribution in [1.82, 2.24) is 10.2 Å². The number of likely N-dealkylation sites (tertiary alicyclic amines) is 1. The second-order valence-electron chi connectivity index (χ2n) is 5.32. The van der Waals surface area contributed by atoms with E-state index in [1.807, 2.05) is 0 Å². The zero-order chi connectivity index (χ0) is 11.4. The molecule has 0 spiro atoms. The molecule has 0 unspecified atom stereocenters. The lowest BCUT2D eigenvalue weighted by Crippen LogP contribution is -2.44. The highest BCUT2D eigenvalue weighted by atomic mass is 35.5. The Labute approximate surface area is 111 Å². The van der Waals surface area contributed by atoms with Gasteiger partial charge in [-0.25, -0.2) is 0 Å². The van der Waals surface area contributed by atoms with Gasteiger partial charge in [0, 0.05) is 25.0 Å². The van der Waals surface area contributed by atoms with Gasteiger partial charge in [0.2, 0.25) is 5.91 Å². The normalized spacial score (nSPS) is 30.3. The molecule has 100 valence electrons. The lowest BCUT2D eigenvalue weighted by Gasteiger charge is -2.31. The maximum atomic E-state index is 12.3. The Morgan fingerprint density at radius 3 is 2.41 bits per heavy atom. The summed E-state index contributed by atoms with van der Waals surface area (Å²) in [5.74, 6) is 0.713. The minimum atomic E-state index is 0. The van der Waals surface area contributed by atoms with Crippen molar-refractivity contribution >= 4 is 18.3 Å². The van der Waals surface area contributed by atoms with Crippen molar-refractivity contribution in [2.75, 3.05) is 19.6 Å². The van der Waals surface area contributed by atoms with Crippen LogP contribution in [0.15, 0.2) is 0 Å². The Bertz CT molecular complexity index is 236. The number of carbonyl (C=O) groups excluding carboxylic acids is 1. The number of carbonyl (C=O) groups is 1. The van der Waals surface area contributed by atoms with Gasteiger partial charge >= 0.3 is 0 Å². The van der Waals surface area contributed by atoms with Gasteiger partial charge in [-0.15, -0.1) is 12.4 Å². The summed E-state index contributed by atoms with van der Waals surface area (Å²) in [5.41, 5.74) is 0. The van der Waals surface area contributed by atoms with Crippen molar-refractivity contribution in [3.63, 3.8) is 0 Å². The minimum Gasteiger partial charge on any atom is -0.342 e. The van der Waals surface area contributed by atoms with Crippen LogP contribution in [-0.2, 0) is 4.79 Å². The smallest absolute Gasteiger partial charge is 0.225 e. The fourth-order valence-corrected chi connectivity index (χ4v) is 2.91. The standard InChI is InChI=1S/C13H24N2O.ClH/c1-11-10-12(6-7-14-11)13(16)15-8-4-2-3-5-9-15;/h11-12,14H,2-10H2,1H3;1H/t11-,12-;/m0./s1. The van der Waals surface area contributed by atoms with Crippen LogP contribution in [0.25, 0.3) is 0 Å². The van der Waals surface area contributed by atoms with E-state index in [1.165, 1.54) is 25.7 Å². The van der Waals surface area contributed by atoms with E-state index in [2.05, 4.69) is 17.1 Å². The van der Waals surface area contributed by atoms with E-state index in [1.54, 1.807) is 0 Å². The van der Waals surface area contributed by atoms with Crippen LogP contribution in [-0.4, -0.2) is 36.5 Å². The third-order valence-electron chi connectivity index (χ3n) is 3.89. The lowest BCUT2D eigenvalue weighted by atomic mass is 9.92. The SMILES string of the molecule is C[C@H]1C[C@@H](C(=O)N2CCCCCC2)CCN1.Cl. The summed E-state index contributed by atoms with van der Waals surface area (Å²) in [6.07, 6.45) is 7.05. The van der Waals surface area contributed by atoms with Crippen molar-refractivity contribution in [3.8, 4) is 0 Å². The molecule has 0 bridgehead atoms. The number of hydrogen-bond acceptors (Lipinski definition) is 2. The number of halogens is 1. The summed E-state index contributed by atoms with van der Waals surface area (Å²) in [5, 5.41) is 3.41. The molecular formula is C13H25ClN2O. The van der Waals surface area contributed by atoms with Gasteiger partial charge in [-0.05, 0) is 39.2 Å². The molecule has 2 heterocycles. The first-order valence-corrected chi connectivity index (χ1v) is 6.79. The summed E-state index contributed by atoms with van der Waals surface area (Å²) < 4.78 is 0. The quantitative estimate of drug-likeness (QED) is 0.784. The molecule has 2 saturated heterocycles. The first-order chi connectivity index (χ1) is 7.77. The van der Waals surface area contributed by atoms with Crippen LogP contribution < -0.4 is 5.32 Å². The first kappa shape index (κ1) is 14.8. The zero-order valence-corrected chi connectivity index (χ0v) is 11.6. The Morgan fingerprint density at radius 2 is 1.82 bits per heavy atom. The number of hydrogen-bond donors (Lipinski definition) is 1. The molecular weight excluding hydrogens is 236 g/mol. The van der Waals surface area contributed by atoms with E-state index in [-0.39, 0.29) is 18.3 Å². The highest BCUT2D eigenvalue weighted by Crippen LogP contribution is 2.20. The van der Waals surface area contributed by atoms with Gasteiger partial charge in [0.05, 0.1) is 0 Å². The monoisotopic (exact) mass is 260 g/mol. The Morgan fingerprint density at radius 1 is 1.18 bits per heavy atom. The molecule has 0 saturated carbocycles. The summed E-state index contributed by atoms with van der Waals surface area (Å²) in [4.78, 5) is 14.5. The molecule has 2 aliphatic heterocycles. The van der Waals surface area contributed by atoms with Gasteiger partial charge in [0.15, 0.2) is 0 Å². The molecule has 17 heavy (non-hydrogen) atoms. The van der Waals surface area contributed by atoms with Crippen LogP contribution in [0.5, 0.6) is 0 Å². The van der Waals surface area contributed by atoms with Crippen molar-refractivity contribution < 1.29 is 4.79 Å². The zero-order valence-electron chi connectivity index (χ0n) is 10.8. The first-order valence-electron chi connectivity index (χ1n) is 6.79. The summed E-state index contributed by atoms with van der Waals surface area (Å²) in [6.45, 7) is 5.18. The lowest BCUT2D eigenvalue weighted by molar-refractivity contribution is -0.136. The molecule has 2 aliphatic rings. The Balaban J connectivity index is 0.00000144. The fraction of sp³-hybridized carbons (Fsp3) is 0.923. The van der Waals surface area contributed by atoms with Gasteiger partial charge in [0.25, 0.3) is 0 Å². The van der Waals surface area contributed by atoms with E-state index in [4.69, 9.17) is 0 Å². The molecule has 2 atom stereocenters. The minimum absolute atomic E-state index is 0. The maximum Gasteiger partial charge on any atom is 0.225 e. The second kappa shape index (κ2) is 7.22. The van der Waals surface area contributed by atoms with Crippen LogP contribution in [0.3, 0.4) is 0 Å². The van der Waals surface area contributed by atoms with Gasteiger partial charge in [-0.3, -0.25) is 4.79 Å². The van der Waals surface area contributed by atoms with Crippen molar-refractivity contribution in [3.05, 3.63) is 0 Å². The predicted molar refractivity (Wildman–Crippen MR) is 72.5 cm³/mol. The largest absolute Gasteiger partial charge is 0.342 e. The number of nitrogens with zero attached hydrogens (tertiary/aromatic N) is 1. The molecule has 0 aromatic heterocycles. The Hall–Kier alpha value is -0.280. The number of piperidine rings is 1. The molecule has 0 aromatic carbocycles. The van der Waals surface area contributed by atoms with Crippen molar-refractivity contribution in [2.24, 2.45) is 5.92 Å². The van der Waals surface area contributed by atoms with Gasteiger partial charge in [-0.2, -0.15) is 0 Å². The molecule has 0 radical (unpaired) electrons. The molecule has 0 aromatic rings.